The van der Waals surface area contributed by atoms with E-state index in [1.165, 1.54) is 37.5 Å². The van der Waals surface area contributed by atoms with E-state index in [1.54, 1.807) is 6.92 Å². The van der Waals surface area contributed by atoms with Crippen molar-refractivity contribution in [2.45, 2.75) is 24.8 Å². The van der Waals surface area contributed by atoms with Gasteiger partial charge in [0.1, 0.15) is 12.2 Å². The van der Waals surface area contributed by atoms with E-state index in [0.717, 1.165) is 0 Å². The lowest BCUT2D eigenvalue weighted by molar-refractivity contribution is 0.101. The molecule has 1 heterocycles. The van der Waals surface area contributed by atoms with Crippen LogP contribution >= 0.6 is 0 Å². The molecule has 2 N–H and O–H groups in total. The number of sulfonamides is 1. The predicted molar refractivity (Wildman–Crippen MR) is 71.6 cm³/mol. The zero-order chi connectivity index (χ0) is 14.8. The van der Waals surface area contributed by atoms with Crippen LogP contribution in [0, 0.1) is 0 Å². The number of Topliss-reactive ketones (excluding diaryl/α,β-unsaturated/α-hetero) is 1. The van der Waals surface area contributed by atoms with Gasteiger partial charge in [-0.1, -0.05) is 12.1 Å². The van der Waals surface area contributed by atoms with Crippen LogP contribution in [0.15, 0.2) is 35.5 Å². The normalized spacial score (nSPS) is 13.1. The van der Waals surface area contributed by atoms with Gasteiger partial charge in [0.2, 0.25) is 10.0 Å². The van der Waals surface area contributed by atoms with Gasteiger partial charge < -0.3 is 0 Å². The first-order valence-corrected chi connectivity index (χ1v) is 7.37. The van der Waals surface area contributed by atoms with Crippen LogP contribution in [0.4, 0.5) is 0 Å². The maximum absolute atomic E-state index is 12.2. The van der Waals surface area contributed by atoms with Gasteiger partial charge in [-0.2, -0.15) is 5.10 Å². The Bertz CT molecular complexity index is 693. The van der Waals surface area contributed by atoms with Crippen molar-refractivity contribution in [1.29, 1.82) is 0 Å². The Balaban J connectivity index is 2.20. The Hall–Kier alpha value is -2.06. The second-order valence-corrected chi connectivity index (χ2v) is 6.01. The number of carbonyl (C=O) groups excluding carboxylic acids is 1. The van der Waals surface area contributed by atoms with Gasteiger partial charge in [-0.25, -0.2) is 18.1 Å². The van der Waals surface area contributed by atoms with E-state index in [2.05, 4.69) is 19.9 Å². The Kier molecular flexibility index (Phi) is 3.96. The van der Waals surface area contributed by atoms with Crippen molar-refractivity contribution in [3.63, 3.8) is 0 Å². The quantitative estimate of drug-likeness (QED) is 0.802. The maximum Gasteiger partial charge on any atom is 0.241 e. The topological polar surface area (TPSA) is 105 Å². The third-order valence-corrected chi connectivity index (χ3v) is 4.30. The highest BCUT2D eigenvalue weighted by Gasteiger charge is 2.19. The van der Waals surface area contributed by atoms with Crippen LogP contribution in [0.25, 0.3) is 0 Å². The van der Waals surface area contributed by atoms with Gasteiger partial charge in [0.25, 0.3) is 0 Å². The number of nitrogens with one attached hydrogen (secondary N) is 2. The minimum Gasteiger partial charge on any atom is -0.295 e. The lowest BCUT2D eigenvalue weighted by Crippen LogP contribution is -2.27. The molecule has 0 aliphatic heterocycles. The van der Waals surface area contributed by atoms with Crippen LogP contribution < -0.4 is 4.72 Å². The van der Waals surface area contributed by atoms with E-state index >= 15 is 0 Å². The lowest BCUT2D eigenvalue weighted by Gasteiger charge is -2.11. The van der Waals surface area contributed by atoms with Gasteiger partial charge in [-0.15, -0.1) is 0 Å². The standard InChI is InChI=1S/C12H14N4O3S/c1-8(12-13-7-14-15-12)16-20(18,19)11-5-3-10(4-6-11)9(2)17/h3-8,16H,1-2H3,(H,13,14,15). The van der Waals surface area contributed by atoms with Gasteiger partial charge in [-0.05, 0) is 26.0 Å². The summed E-state index contributed by atoms with van der Waals surface area (Å²) in [5, 5.41) is 6.27. The summed E-state index contributed by atoms with van der Waals surface area (Å²) in [7, 11) is -3.68. The largest absolute Gasteiger partial charge is 0.295 e. The predicted octanol–water partition coefficient (Wildman–Crippen LogP) is 1.05. The van der Waals surface area contributed by atoms with E-state index in [9.17, 15) is 13.2 Å². The first-order chi connectivity index (χ1) is 9.40. The van der Waals surface area contributed by atoms with E-state index < -0.39 is 16.1 Å². The van der Waals surface area contributed by atoms with Crippen LogP contribution in [0.3, 0.4) is 0 Å². The van der Waals surface area contributed by atoms with Gasteiger partial charge in [0.05, 0.1) is 10.9 Å². The van der Waals surface area contributed by atoms with Crippen molar-refractivity contribution in [1.82, 2.24) is 19.9 Å². The Morgan fingerprint density at radius 3 is 2.45 bits per heavy atom. The number of ketones is 1. The Morgan fingerprint density at radius 1 is 1.30 bits per heavy atom. The molecule has 2 aromatic rings. The molecule has 0 saturated carbocycles. The highest BCUT2D eigenvalue weighted by Crippen LogP contribution is 2.14. The van der Waals surface area contributed by atoms with E-state index in [4.69, 9.17) is 0 Å². The lowest BCUT2D eigenvalue weighted by atomic mass is 10.2. The fourth-order valence-corrected chi connectivity index (χ4v) is 2.86. The molecule has 0 aliphatic rings. The molecule has 0 aliphatic carbocycles. The van der Waals surface area contributed by atoms with E-state index in [-0.39, 0.29) is 10.7 Å². The highest BCUT2D eigenvalue weighted by atomic mass is 32.2. The second kappa shape index (κ2) is 5.51. The van der Waals surface area contributed by atoms with Crippen LogP contribution in [-0.2, 0) is 10.0 Å². The number of H-pyrrole nitrogens is 1. The summed E-state index contributed by atoms with van der Waals surface area (Å²) in [6.07, 6.45) is 1.31. The average Bonchev–Trinajstić information content (AvgIpc) is 2.92. The molecular weight excluding hydrogens is 280 g/mol. The molecule has 2 rings (SSSR count). The molecular formula is C12H14N4O3S. The number of rotatable bonds is 5. The summed E-state index contributed by atoms with van der Waals surface area (Å²) in [4.78, 5) is 15.1. The van der Waals surface area contributed by atoms with Crippen LogP contribution in [0.5, 0.6) is 0 Å². The zero-order valence-corrected chi connectivity index (χ0v) is 11.8. The minimum atomic E-state index is -3.68. The van der Waals surface area contributed by atoms with Crippen molar-refractivity contribution >= 4 is 15.8 Å². The summed E-state index contributed by atoms with van der Waals surface area (Å²) in [6, 6.07) is 5.22. The Labute approximate surface area is 116 Å². The summed E-state index contributed by atoms with van der Waals surface area (Å²) in [6.45, 7) is 3.08. The molecule has 0 amide bonds. The molecule has 1 unspecified atom stereocenters. The molecule has 106 valence electrons. The molecule has 7 nitrogen and oxygen atoms in total. The molecule has 0 radical (unpaired) electrons. The molecule has 1 aromatic carbocycles. The van der Waals surface area contributed by atoms with Crippen molar-refractivity contribution < 1.29 is 13.2 Å². The average molecular weight is 294 g/mol. The van der Waals surface area contributed by atoms with Crippen molar-refractivity contribution in [3.05, 3.63) is 42.0 Å². The molecule has 20 heavy (non-hydrogen) atoms. The first kappa shape index (κ1) is 14.4. The van der Waals surface area contributed by atoms with Crippen LogP contribution in [0.1, 0.15) is 36.1 Å². The SMILES string of the molecule is CC(=O)c1ccc(S(=O)(=O)NC(C)c2ncn[nH]2)cc1. The number of aromatic nitrogens is 3. The number of carbonyl (C=O) groups is 1. The van der Waals surface area contributed by atoms with Crippen LogP contribution in [-0.4, -0.2) is 29.4 Å². The molecule has 1 aromatic heterocycles. The fraction of sp³-hybridized carbons (Fsp3) is 0.250. The molecule has 0 fully saturated rings. The van der Waals surface area contributed by atoms with Gasteiger partial charge >= 0.3 is 0 Å². The smallest absolute Gasteiger partial charge is 0.241 e. The summed E-state index contributed by atoms with van der Waals surface area (Å²) >= 11 is 0. The third-order valence-electron chi connectivity index (χ3n) is 2.75. The van der Waals surface area contributed by atoms with E-state index in [0.29, 0.717) is 11.4 Å². The monoisotopic (exact) mass is 294 g/mol. The van der Waals surface area contributed by atoms with E-state index in [1.807, 2.05) is 0 Å². The molecule has 0 saturated heterocycles. The highest BCUT2D eigenvalue weighted by molar-refractivity contribution is 7.89. The van der Waals surface area contributed by atoms with Crippen molar-refractivity contribution in [3.8, 4) is 0 Å². The van der Waals surface area contributed by atoms with Crippen molar-refractivity contribution in [2.24, 2.45) is 0 Å². The zero-order valence-electron chi connectivity index (χ0n) is 11.0. The number of benzene rings is 1. The van der Waals surface area contributed by atoms with Gasteiger partial charge in [0, 0.05) is 5.56 Å². The first-order valence-electron chi connectivity index (χ1n) is 5.89. The second-order valence-electron chi connectivity index (χ2n) is 4.29. The van der Waals surface area contributed by atoms with Gasteiger partial charge in [-0.3, -0.25) is 9.89 Å². The number of aromatic amines is 1. The molecule has 0 spiro atoms. The molecule has 1 atom stereocenters. The van der Waals surface area contributed by atoms with Crippen molar-refractivity contribution in [2.75, 3.05) is 0 Å². The maximum atomic E-state index is 12.2. The molecule has 8 heteroatoms. The van der Waals surface area contributed by atoms with Gasteiger partial charge in [0.15, 0.2) is 5.78 Å². The Morgan fingerprint density at radius 2 is 1.95 bits per heavy atom. The number of hydrogen-bond donors (Lipinski definition) is 2. The number of nitrogens with zero attached hydrogens (tertiary/aromatic N) is 2. The summed E-state index contributed by atoms with van der Waals surface area (Å²) in [5.74, 6) is 0.311. The minimum absolute atomic E-state index is 0.0915. The number of hydrogen-bond acceptors (Lipinski definition) is 5. The molecule has 0 bridgehead atoms. The third kappa shape index (κ3) is 3.09. The van der Waals surface area contributed by atoms with Crippen LogP contribution in [0.2, 0.25) is 0 Å². The summed E-state index contributed by atoms with van der Waals surface area (Å²) in [5.41, 5.74) is 0.465. The fourth-order valence-electron chi connectivity index (χ4n) is 1.65. The summed E-state index contributed by atoms with van der Waals surface area (Å²) < 4.78 is 26.8.